The number of nitrogens with one attached hydrogen (secondary N) is 1. The van der Waals surface area contributed by atoms with Crippen LogP contribution in [-0.2, 0) is 0 Å². The monoisotopic (exact) mass is 366 g/mol. The minimum atomic E-state index is 0.713. The van der Waals surface area contributed by atoms with Crippen LogP contribution in [0.1, 0.15) is 10.4 Å². The second-order valence-electron chi connectivity index (χ2n) is 5.34. The van der Waals surface area contributed by atoms with Gasteiger partial charge in [-0.05, 0) is 35.2 Å². The molecule has 0 saturated carbocycles. The molecule has 0 bridgehead atoms. The van der Waals surface area contributed by atoms with E-state index < -0.39 is 0 Å². The molecule has 0 aliphatic carbocycles. The fourth-order valence-corrected chi connectivity index (χ4v) is 2.71. The van der Waals surface area contributed by atoms with Crippen molar-refractivity contribution in [1.82, 2.24) is 0 Å². The number of hydrogen-bond donors (Lipinski definition) is 2. The number of rotatable bonds is 5. The Morgan fingerprint density at radius 1 is 0.962 bits per heavy atom. The molecule has 0 unspecified atom stereocenters. The molecule has 3 aromatic rings. The molecule has 0 atom stereocenters. The smallest absolute Gasteiger partial charge is 0.150 e. The van der Waals surface area contributed by atoms with Crippen molar-refractivity contribution >= 4 is 23.9 Å². The van der Waals surface area contributed by atoms with Crippen LogP contribution < -0.4 is 15.2 Å². The van der Waals surface area contributed by atoms with E-state index >= 15 is 0 Å². The molecule has 0 amide bonds. The lowest BCUT2D eigenvalue weighted by atomic mass is 10.0. The van der Waals surface area contributed by atoms with Crippen LogP contribution in [0, 0.1) is 0 Å². The van der Waals surface area contributed by atoms with Crippen LogP contribution in [0.15, 0.2) is 77.7 Å². The van der Waals surface area contributed by atoms with Crippen molar-refractivity contribution in [2.24, 2.45) is 5.14 Å². The van der Waals surface area contributed by atoms with E-state index in [1.54, 1.807) is 7.11 Å². The molecule has 0 spiro atoms. The Bertz CT molecular complexity index is 821. The maximum Gasteiger partial charge on any atom is 0.150 e. The predicted octanol–water partition coefficient (Wildman–Crippen LogP) is 4.87. The molecule has 3 N–H and O–H groups in total. The Labute approximate surface area is 158 Å². The van der Waals surface area contributed by atoms with Gasteiger partial charge in [-0.25, -0.2) is 0 Å². The third-order valence-corrected chi connectivity index (χ3v) is 4.32. The standard InChI is InChI=1S/C13H10O.C8H12N2OS/c14-10-11-6-8-13(9-7-11)12-4-2-1-3-5-12;1-10-6-3-4-8(12-9)7(5-6)11-2/h1-10H;3-5,10H,9H2,1-2H3. The summed E-state index contributed by atoms with van der Waals surface area (Å²) in [5, 5.41) is 8.46. The van der Waals surface area contributed by atoms with Gasteiger partial charge in [0.15, 0.2) is 0 Å². The molecular weight excluding hydrogens is 344 g/mol. The summed E-state index contributed by atoms with van der Waals surface area (Å²) in [5.41, 5.74) is 4.04. The first-order valence-corrected chi connectivity index (χ1v) is 8.93. The van der Waals surface area contributed by atoms with Gasteiger partial charge in [0, 0.05) is 24.4 Å². The van der Waals surface area contributed by atoms with Crippen LogP contribution >= 0.6 is 11.9 Å². The number of hydrogen-bond acceptors (Lipinski definition) is 5. The molecule has 4 nitrogen and oxygen atoms in total. The molecule has 5 heteroatoms. The van der Waals surface area contributed by atoms with E-state index in [4.69, 9.17) is 9.88 Å². The molecule has 134 valence electrons. The summed E-state index contributed by atoms with van der Waals surface area (Å²) in [4.78, 5) is 11.4. The van der Waals surface area contributed by atoms with Gasteiger partial charge in [-0.15, -0.1) is 0 Å². The number of aldehydes is 1. The van der Waals surface area contributed by atoms with Crippen molar-refractivity contribution in [3.63, 3.8) is 0 Å². The normalized spacial score (nSPS) is 9.65. The van der Waals surface area contributed by atoms with Gasteiger partial charge in [0.05, 0.1) is 12.0 Å². The highest BCUT2D eigenvalue weighted by atomic mass is 32.2. The van der Waals surface area contributed by atoms with Gasteiger partial charge in [-0.1, -0.05) is 54.6 Å². The van der Waals surface area contributed by atoms with Gasteiger partial charge >= 0.3 is 0 Å². The molecule has 0 aromatic heterocycles. The van der Waals surface area contributed by atoms with E-state index in [0.29, 0.717) is 5.56 Å². The van der Waals surface area contributed by atoms with E-state index in [1.165, 1.54) is 17.5 Å². The molecule has 0 aliphatic rings. The van der Waals surface area contributed by atoms with Crippen molar-refractivity contribution in [3.05, 3.63) is 78.4 Å². The minimum absolute atomic E-state index is 0.713. The minimum Gasteiger partial charge on any atom is -0.495 e. The number of ether oxygens (including phenoxy) is 1. The molecular formula is C21H22N2O2S. The molecule has 0 radical (unpaired) electrons. The van der Waals surface area contributed by atoms with Crippen molar-refractivity contribution in [1.29, 1.82) is 0 Å². The van der Waals surface area contributed by atoms with Crippen LogP contribution in [-0.4, -0.2) is 20.4 Å². The third-order valence-electron chi connectivity index (χ3n) is 3.73. The fraction of sp³-hybridized carbons (Fsp3) is 0.0952. The van der Waals surface area contributed by atoms with Crippen LogP contribution in [0.2, 0.25) is 0 Å². The Hall–Kier alpha value is -2.76. The second kappa shape index (κ2) is 10.3. The highest BCUT2D eigenvalue weighted by Gasteiger charge is 2.01. The summed E-state index contributed by atoms with van der Waals surface area (Å²) in [6, 6.07) is 23.5. The number of carbonyl (C=O) groups is 1. The fourth-order valence-electron chi connectivity index (χ4n) is 2.31. The zero-order valence-corrected chi connectivity index (χ0v) is 15.6. The van der Waals surface area contributed by atoms with Crippen molar-refractivity contribution in [2.45, 2.75) is 4.90 Å². The summed E-state index contributed by atoms with van der Waals surface area (Å²) in [6.45, 7) is 0. The summed E-state index contributed by atoms with van der Waals surface area (Å²) in [7, 11) is 3.50. The van der Waals surface area contributed by atoms with Gasteiger partial charge in [0.25, 0.3) is 0 Å². The van der Waals surface area contributed by atoms with Gasteiger partial charge in [0.1, 0.15) is 12.0 Å². The highest BCUT2D eigenvalue weighted by molar-refractivity contribution is 7.97. The third kappa shape index (κ3) is 5.37. The summed E-state index contributed by atoms with van der Waals surface area (Å²) < 4.78 is 5.14. The van der Waals surface area contributed by atoms with Gasteiger partial charge in [0.2, 0.25) is 0 Å². The maximum atomic E-state index is 10.5. The summed E-state index contributed by atoms with van der Waals surface area (Å²) >= 11 is 1.19. The maximum absolute atomic E-state index is 10.5. The molecule has 0 aliphatic heterocycles. The largest absolute Gasteiger partial charge is 0.495 e. The predicted molar refractivity (Wildman–Crippen MR) is 110 cm³/mol. The summed E-state index contributed by atoms with van der Waals surface area (Å²) in [6.07, 6.45) is 0.856. The Balaban J connectivity index is 0.000000190. The van der Waals surface area contributed by atoms with Crippen LogP contribution in [0.4, 0.5) is 5.69 Å². The van der Waals surface area contributed by atoms with E-state index in [9.17, 15) is 4.79 Å². The number of methoxy groups -OCH3 is 1. The van der Waals surface area contributed by atoms with Crippen molar-refractivity contribution < 1.29 is 9.53 Å². The lowest BCUT2D eigenvalue weighted by molar-refractivity contribution is 0.112. The number of anilines is 1. The zero-order chi connectivity index (χ0) is 18.8. The molecule has 3 rings (SSSR count). The molecule has 0 fully saturated rings. The number of carbonyl (C=O) groups excluding carboxylic acids is 1. The van der Waals surface area contributed by atoms with E-state index in [2.05, 4.69) is 17.4 Å². The zero-order valence-electron chi connectivity index (χ0n) is 14.8. The van der Waals surface area contributed by atoms with Crippen LogP contribution in [0.25, 0.3) is 11.1 Å². The first-order valence-electron chi connectivity index (χ1n) is 8.05. The second-order valence-corrected chi connectivity index (χ2v) is 6.01. The molecule has 0 saturated heterocycles. The van der Waals surface area contributed by atoms with Crippen LogP contribution in [0.3, 0.4) is 0 Å². The van der Waals surface area contributed by atoms with Crippen LogP contribution in [0.5, 0.6) is 5.75 Å². The van der Waals surface area contributed by atoms with E-state index in [0.717, 1.165) is 28.2 Å². The molecule has 26 heavy (non-hydrogen) atoms. The van der Waals surface area contributed by atoms with Crippen molar-refractivity contribution in [2.75, 3.05) is 19.5 Å². The Morgan fingerprint density at radius 3 is 2.15 bits per heavy atom. The van der Waals surface area contributed by atoms with Gasteiger partial charge < -0.3 is 10.1 Å². The first-order chi connectivity index (χ1) is 12.7. The average Bonchev–Trinajstić information content (AvgIpc) is 2.74. The highest BCUT2D eigenvalue weighted by Crippen LogP contribution is 2.28. The Morgan fingerprint density at radius 2 is 1.62 bits per heavy atom. The number of nitrogens with two attached hydrogens (primary N) is 1. The van der Waals surface area contributed by atoms with E-state index in [-0.39, 0.29) is 0 Å². The number of benzene rings is 3. The lowest BCUT2D eigenvalue weighted by Crippen LogP contribution is -1.92. The molecule has 0 heterocycles. The average molecular weight is 366 g/mol. The lowest BCUT2D eigenvalue weighted by Gasteiger charge is -2.07. The summed E-state index contributed by atoms with van der Waals surface area (Å²) in [5.74, 6) is 0.800. The van der Waals surface area contributed by atoms with E-state index in [1.807, 2.05) is 67.7 Å². The SMILES string of the molecule is CNc1ccc(SN)c(OC)c1.O=Cc1ccc(-c2ccccc2)cc1. The van der Waals surface area contributed by atoms with Crippen molar-refractivity contribution in [3.8, 4) is 16.9 Å². The van der Waals surface area contributed by atoms with Gasteiger partial charge in [-0.2, -0.15) is 0 Å². The van der Waals surface area contributed by atoms with Gasteiger partial charge in [-0.3, -0.25) is 9.93 Å². The Kier molecular flexibility index (Phi) is 7.74. The quantitative estimate of drug-likeness (QED) is 0.498. The topological polar surface area (TPSA) is 64.3 Å². The molecule has 3 aromatic carbocycles. The first kappa shape index (κ1) is 19.6.